The number of ether oxygens (including phenoxy) is 1. The molecule has 10 aromatic carbocycles. The second-order valence-corrected chi connectivity index (χ2v) is 20.2. The second kappa shape index (κ2) is 20.5. The summed E-state index contributed by atoms with van der Waals surface area (Å²) in [4.78, 5) is 2.43. The molecule has 0 radical (unpaired) electrons. The quantitative estimate of drug-likeness (QED) is 0.0846. The van der Waals surface area contributed by atoms with Crippen molar-refractivity contribution in [2.45, 2.75) is 38.0 Å². The molecule has 12 rings (SSSR count). The van der Waals surface area contributed by atoms with Crippen molar-refractivity contribution in [3.63, 3.8) is 0 Å². The summed E-state index contributed by atoms with van der Waals surface area (Å²) in [7, 11) is 0. The number of hydrogen-bond donors (Lipinski definition) is 0. The second-order valence-electron chi connectivity index (χ2n) is 20.2. The molecule has 0 fully saturated rings. The molecule has 3 heteroatoms. The summed E-state index contributed by atoms with van der Waals surface area (Å²) in [6.07, 6.45) is 8.05. The summed E-state index contributed by atoms with van der Waals surface area (Å²) in [5, 5.41) is 2.45. The van der Waals surface area contributed by atoms with Crippen molar-refractivity contribution in [1.82, 2.24) is 4.57 Å². The fraction of sp³-hybridized carbons (Fsp3) is 0.111. The van der Waals surface area contributed by atoms with Crippen LogP contribution in [0.3, 0.4) is 0 Å². The van der Waals surface area contributed by atoms with Crippen LogP contribution in [0.25, 0.3) is 73.0 Å². The zero-order chi connectivity index (χ0) is 50.7. The molecule has 0 bridgehead atoms. The maximum atomic E-state index is 6.24. The standard InChI is InChI=1S/C72H60N2O/c1-4-52-28-32-54(33-29-52)56-36-44-70-66(47-56)67-48-57(37-45-71(67)74(70)60-24-13-8-14-25-60)55-34-38-61(39-35-55)73(59-22-11-7-12-23-59)62-40-43-65-64-26-15-16-27-68(64)72(69(65)49-62,58-20-9-6-10-21-58)46-18-17-19-51(3)50-75-63-41-30-53(5-2)31-42-63/h4-16,20-45,47-49,51H,1-2,17-19,46,50H2,3H3. The highest BCUT2D eigenvalue weighted by atomic mass is 16.5. The van der Waals surface area contributed by atoms with Gasteiger partial charge in [-0.15, -0.1) is 0 Å². The van der Waals surface area contributed by atoms with E-state index in [4.69, 9.17) is 4.74 Å². The maximum Gasteiger partial charge on any atom is 0.119 e. The first-order valence-corrected chi connectivity index (χ1v) is 26.5. The number of nitrogens with zero attached hydrogens (tertiary/aromatic N) is 2. The zero-order valence-corrected chi connectivity index (χ0v) is 42.6. The lowest BCUT2D eigenvalue weighted by molar-refractivity contribution is 0.248. The number of hydrogen-bond acceptors (Lipinski definition) is 2. The van der Waals surface area contributed by atoms with E-state index < -0.39 is 0 Å². The van der Waals surface area contributed by atoms with E-state index in [1.165, 1.54) is 71.9 Å². The van der Waals surface area contributed by atoms with Gasteiger partial charge >= 0.3 is 0 Å². The summed E-state index contributed by atoms with van der Waals surface area (Å²) in [6, 6.07) is 88.9. The Morgan fingerprint density at radius 1 is 0.480 bits per heavy atom. The molecule has 0 amide bonds. The van der Waals surface area contributed by atoms with E-state index in [-0.39, 0.29) is 5.41 Å². The van der Waals surface area contributed by atoms with Crippen molar-refractivity contribution in [3.8, 4) is 44.8 Å². The zero-order valence-electron chi connectivity index (χ0n) is 42.6. The van der Waals surface area contributed by atoms with E-state index in [1.807, 2.05) is 24.3 Å². The van der Waals surface area contributed by atoms with Gasteiger partial charge in [-0.3, -0.25) is 0 Å². The van der Waals surface area contributed by atoms with Crippen LogP contribution >= 0.6 is 0 Å². The van der Waals surface area contributed by atoms with Gasteiger partial charge < -0.3 is 14.2 Å². The van der Waals surface area contributed by atoms with Crippen molar-refractivity contribution in [2.24, 2.45) is 5.92 Å². The third-order valence-electron chi connectivity index (χ3n) is 15.5. The molecule has 1 aliphatic carbocycles. The van der Waals surface area contributed by atoms with Gasteiger partial charge in [-0.2, -0.15) is 0 Å². The highest BCUT2D eigenvalue weighted by Gasteiger charge is 2.44. The number of fused-ring (bicyclic) bond motifs is 6. The Morgan fingerprint density at radius 3 is 1.64 bits per heavy atom. The molecule has 0 spiro atoms. The van der Waals surface area contributed by atoms with Crippen LogP contribution in [0.2, 0.25) is 0 Å². The Kier molecular flexibility index (Phi) is 12.9. The van der Waals surface area contributed by atoms with E-state index in [0.717, 1.165) is 65.3 Å². The van der Waals surface area contributed by atoms with E-state index in [1.54, 1.807) is 0 Å². The predicted molar refractivity (Wildman–Crippen MR) is 318 cm³/mol. The van der Waals surface area contributed by atoms with Crippen LogP contribution in [0.15, 0.2) is 256 Å². The number of rotatable bonds is 17. The molecule has 0 saturated heterocycles. The number of aromatic nitrogens is 1. The molecule has 3 nitrogen and oxygen atoms in total. The first kappa shape index (κ1) is 47.1. The first-order valence-electron chi connectivity index (χ1n) is 26.5. The Morgan fingerprint density at radius 2 is 1.00 bits per heavy atom. The van der Waals surface area contributed by atoms with Gasteiger partial charge in [0.1, 0.15) is 5.75 Å². The molecule has 1 aliphatic rings. The number of unbranched alkanes of at least 4 members (excludes halogenated alkanes) is 1. The van der Waals surface area contributed by atoms with E-state index >= 15 is 0 Å². The van der Waals surface area contributed by atoms with Crippen LogP contribution in [0.1, 0.15) is 60.4 Å². The normalized spacial score (nSPS) is 14.0. The molecule has 11 aromatic rings. The Balaban J connectivity index is 0.891. The SMILES string of the molecule is C=Cc1ccc(OCC(C)CCCCC2(c3ccccc3)c3ccccc3-c3ccc(N(c4ccccc4)c4ccc(-c5ccc6c(c5)c5cc(-c7ccc(C=C)cc7)ccc5n6-c5ccccc5)cc4)cc32)cc1. The van der Waals surface area contributed by atoms with Crippen LogP contribution in [0.4, 0.5) is 17.1 Å². The van der Waals surface area contributed by atoms with Gasteiger partial charge in [0.15, 0.2) is 0 Å². The minimum absolute atomic E-state index is 0.318. The lowest BCUT2D eigenvalue weighted by Gasteiger charge is -2.34. The molecule has 0 saturated carbocycles. The molecule has 2 atom stereocenters. The van der Waals surface area contributed by atoms with Crippen LogP contribution in [-0.4, -0.2) is 11.2 Å². The van der Waals surface area contributed by atoms with Gasteiger partial charge in [-0.05, 0) is 165 Å². The average molecular weight is 969 g/mol. The van der Waals surface area contributed by atoms with E-state index in [9.17, 15) is 0 Å². The minimum Gasteiger partial charge on any atom is -0.493 e. The summed E-state index contributed by atoms with van der Waals surface area (Å²) in [5.74, 6) is 1.34. The molecular formula is C72H60N2O. The smallest absolute Gasteiger partial charge is 0.119 e. The third-order valence-corrected chi connectivity index (χ3v) is 15.5. The Hall–Kier alpha value is -8.92. The first-order chi connectivity index (χ1) is 37.0. The molecule has 2 unspecified atom stereocenters. The molecule has 1 heterocycles. The van der Waals surface area contributed by atoms with Crippen molar-refractivity contribution in [2.75, 3.05) is 11.5 Å². The topological polar surface area (TPSA) is 17.4 Å². The van der Waals surface area contributed by atoms with Gasteiger partial charge in [0, 0.05) is 38.9 Å². The Labute approximate surface area is 442 Å². The van der Waals surface area contributed by atoms with Gasteiger partial charge in [0.2, 0.25) is 0 Å². The van der Waals surface area contributed by atoms with Crippen LogP contribution in [0.5, 0.6) is 5.75 Å². The monoisotopic (exact) mass is 968 g/mol. The highest BCUT2D eigenvalue weighted by molar-refractivity contribution is 6.11. The minimum atomic E-state index is -0.318. The Bertz CT molecular complexity index is 3800. The van der Waals surface area contributed by atoms with Gasteiger partial charge in [0.25, 0.3) is 0 Å². The molecular weight excluding hydrogens is 909 g/mol. The van der Waals surface area contributed by atoms with Crippen LogP contribution in [-0.2, 0) is 5.41 Å². The van der Waals surface area contributed by atoms with Crippen molar-refractivity contribution in [3.05, 3.63) is 284 Å². The number of para-hydroxylation sites is 2. The molecule has 0 N–H and O–H groups in total. The van der Waals surface area contributed by atoms with Crippen LogP contribution < -0.4 is 9.64 Å². The van der Waals surface area contributed by atoms with Crippen LogP contribution in [0, 0.1) is 5.92 Å². The highest BCUT2D eigenvalue weighted by Crippen LogP contribution is 2.56. The maximum absolute atomic E-state index is 6.24. The third kappa shape index (κ3) is 8.95. The van der Waals surface area contributed by atoms with Crippen molar-refractivity contribution in [1.29, 1.82) is 0 Å². The van der Waals surface area contributed by atoms with Gasteiger partial charge in [0.05, 0.1) is 17.6 Å². The summed E-state index contributed by atoms with van der Waals surface area (Å²) in [5.41, 5.74) is 20.2. The van der Waals surface area contributed by atoms with Crippen molar-refractivity contribution < 1.29 is 4.74 Å². The molecule has 75 heavy (non-hydrogen) atoms. The largest absolute Gasteiger partial charge is 0.493 e. The predicted octanol–water partition coefficient (Wildman–Crippen LogP) is 19.5. The fourth-order valence-corrected chi connectivity index (χ4v) is 11.7. The lowest BCUT2D eigenvalue weighted by Crippen LogP contribution is -2.27. The summed E-state index contributed by atoms with van der Waals surface area (Å²) < 4.78 is 8.64. The van der Waals surface area contributed by atoms with E-state index in [2.05, 4.69) is 260 Å². The lowest BCUT2D eigenvalue weighted by atomic mass is 9.69. The number of anilines is 3. The van der Waals surface area contributed by atoms with E-state index in [0.29, 0.717) is 12.5 Å². The average Bonchev–Trinajstić information content (AvgIpc) is 4.08. The summed E-state index contributed by atoms with van der Waals surface area (Å²) >= 11 is 0. The fourth-order valence-electron chi connectivity index (χ4n) is 11.7. The number of benzene rings is 10. The van der Waals surface area contributed by atoms with Crippen molar-refractivity contribution >= 4 is 51.0 Å². The summed E-state index contributed by atoms with van der Waals surface area (Å²) in [6.45, 7) is 10.9. The molecule has 0 aliphatic heterocycles. The molecule has 1 aromatic heterocycles. The van der Waals surface area contributed by atoms with Gasteiger partial charge in [-0.1, -0.05) is 203 Å². The van der Waals surface area contributed by atoms with Gasteiger partial charge in [-0.25, -0.2) is 0 Å². The molecule has 364 valence electrons.